The maximum Gasteiger partial charge on any atom is 0.351 e. The van der Waals surface area contributed by atoms with Crippen LogP contribution in [-0.2, 0) is 18.8 Å². The first-order valence-electron chi connectivity index (χ1n) is 12.6. The quantitative estimate of drug-likeness (QED) is 0.101. The molecule has 4 aromatic rings. The normalized spacial score (nSPS) is 28.9. The van der Waals surface area contributed by atoms with E-state index in [9.17, 15) is 33.1 Å². The van der Waals surface area contributed by atoms with Gasteiger partial charge in [-0.1, -0.05) is 0 Å². The summed E-state index contributed by atoms with van der Waals surface area (Å²) in [7, 11) is -4.53. The number of aromatic amines is 2. The SMILES string of the molecule is Nc1nc2c(ccn2[C@@H]2O[C@H](CO)C(F)[C@@H]2O)c(=O)[nH]1.Nc1nc2c(ccn2[C@@H]2O[C@H](OCP(=O)(O)O)C(F)[C@@H]2O)c(=O)[nH]1. The van der Waals surface area contributed by atoms with E-state index in [2.05, 4.69) is 19.9 Å². The van der Waals surface area contributed by atoms with E-state index in [1.165, 1.54) is 33.7 Å². The largest absolute Gasteiger partial charge is 0.394 e. The van der Waals surface area contributed by atoms with Crippen molar-refractivity contribution in [1.82, 2.24) is 29.1 Å². The molecule has 0 saturated carbocycles. The summed E-state index contributed by atoms with van der Waals surface area (Å²) in [5.74, 6) is -0.267. The van der Waals surface area contributed by atoms with Crippen LogP contribution in [0.1, 0.15) is 12.5 Å². The Balaban J connectivity index is 0.000000177. The van der Waals surface area contributed by atoms with Crippen molar-refractivity contribution < 1.29 is 52.7 Å². The van der Waals surface area contributed by atoms with Gasteiger partial charge in [-0.2, -0.15) is 9.97 Å². The van der Waals surface area contributed by atoms with E-state index in [4.69, 9.17) is 40.6 Å². The van der Waals surface area contributed by atoms with E-state index < -0.39 is 81.1 Å². The van der Waals surface area contributed by atoms with Crippen molar-refractivity contribution in [1.29, 1.82) is 0 Å². The van der Waals surface area contributed by atoms with Gasteiger partial charge in [0.1, 0.15) is 18.3 Å². The molecule has 0 radical (unpaired) electrons. The molecule has 2 unspecified atom stereocenters. The van der Waals surface area contributed by atoms with Crippen molar-refractivity contribution in [2.24, 2.45) is 0 Å². The second-order valence-corrected chi connectivity index (χ2v) is 11.4. The lowest BCUT2D eigenvalue weighted by atomic mass is 10.1. The summed E-state index contributed by atoms with van der Waals surface area (Å²) in [5.41, 5.74) is 10.2. The van der Waals surface area contributed by atoms with Crippen LogP contribution >= 0.6 is 7.60 Å². The van der Waals surface area contributed by atoms with Crippen LogP contribution < -0.4 is 22.6 Å². The Morgan fingerprint density at radius 2 is 1.39 bits per heavy atom. The minimum absolute atomic E-state index is 0.0585. The van der Waals surface area contributed by atoms with Gasteiger partial charge in [-0.3, -0.25) is 24.1 Å². The highest BCUT2D eigenvalue weighted by molar-refractivity contribution is 7.51. The molecule has 8 atom stereocenters. The molecule has 4 aromatic heterocycles. The van der Waals surface area contributed by atoms with E-state index >= 15 is 0 Å². The molecule has 0 spiro atoms. The average Bonchev–Trinajstić information content (AvgIpc) is 3.69. The number of nitrogen functional groups attached to an aromatic ring is 2. The lowest BCUT2D eigenvalue weighted by molar-refractivity contribution is -0.157. The van der Waals surface area contributed by atoms with Crippen LogP contribution in [0.3, 0.4) is 0 Å². The van der Waals surface area contributed by atoms with Crippen molar-refractivity contribution >= 4 is 41.6 Å². The minimum atomic E-state index is -4.53. The van der Waals surface area contributed by atoms with Crippen molar-refractivity contribution in [2.45, 2.75) is 49.4 Å². The number of aromatic nitrogens is 6. The zero-order valence-electron chi connectivity index (χ0n) is 22.2. The number of ether oxygens (including phenoxy) is 3. The van der Waals surface area contributed by atoms with Gasteiger partial charge in [0.05, 0.1) is 17.4 Å². The number of H-pyrrole nitrogens is 2. The van der Waals surface area contributed by atoms with E-state index in [0.717, 1.165) is 0 Å². The standard InChI is InChI=1S/C11H14FN4O7P.C11H13FN4O4/c12-5-6(17)9(23-10(5)22-3-24(19,20)21)16-2-1-4-7(16)14-11(13)15-8(4)18;12-6-5(3-17)20-10(7(6)18)16-2-1-4-8(16)14-11(13)15-9(4)19/h1-2,5-6,9-10,17H,3H2,(H2,19,20,21)(H3,13,14,15,18);1-2,5-7,10,17-18H,3H2,(H3,13,14,15,19)/t5?,6-,9+,10-;5-,6?,7+,10-/m01/s1. The molecule has 0 bridgehead atoms. The summed E-state index contributed by atoms with van der Waals surface area (Å²) in [6.45, 7) is -0.552. The predicted octanol–water partition coefficient (Wildman–Crippen LogP) is -2.09. The van der Waals surface area contributed by atoms with E-state index in [0.29, 0.717) is 0 Å². The summed E-state index contributed by atoms with van der Waals surface area (Å²) in [4.78, 5) is 53.5. The lowest BCUT2D eigenvalue weighted by Crippen LogP contribution is -2.29. The molecule has 0 amide bonds. The highest BCUT2D eigenvalue weighted by Crippen LogP contribution is 2.39. The van der Waals surface area contributed by atoms with Gasteiger partial charge in [0.25, 0.3) is 11.1 Å². The number of fused-ring (bicyclic) bond motifs is 2. The fraction of sp³-hybridized carbons (Fsp3) is 0.455. The Labute approximate surface area is 242 Å². The molecule has 44 heavy (non-hydrogen) atoms. The molecular formula is C22H27F2N8O11P. The van der Waals surface area contributed by atoms with Crippen LogP contribution in [0.4, 0.5) is 20.7 Å². The molecule has 240 valence electrons. The number of halogens is 2. The Morgan fingerprint density at radius 1 is 0.909 bits per heavy atom. The molecule has 0 aromatic carbocycles. The molecule has 19 nitrogen and oxygen atoms in total. The third-order valence-electron chi connectivity index (χ3n) is 6.77. The third-order valence-corrected chi connectivity index (χ3v) is 7.26. The van der Waals surface area contributed by atoms with E-state index in [1.807, 2.05) is 0 Å². The number of aliphatic hydroxyl groups is 3. The lowest BCUT2D eigenvalue weighted by Gasteiger charge is -2.17. The van der Waals surface area contributed by atoms with E-state index in [-0.39, 0.29) is 34.0 Å². The summed E-state index contributed by atoms with van der Waals surface area (Å²) < 4.78 is 56.3. The van der Waals surface area contributed by atoms with Crippen LogP contribution in [-0.4, -0.2) is 104 Å². The van der Waals surface area contributed by atoms with Gasteiger partial charge >= 0.3 is 7.60 Å². The van der Waals surface area contributed by atoms with Crippen LogP contribution in [0.25, 0.3) is 22.1 Å². The number of alkyl halides is 2. The first kappa shape index (κ1) is 31.6. The minimum Gasteiger partial charge on any atom is -0.394 e. The maximum absolute atomic E-state index is 14.1. The van der Waals surface area contributed by atoms with Crippen molar-refractivity contribution in [3.63, 3.8) is 0 Å². The topological polar surface area (TPSA) is 299 Å². The first-order valence-corrected chi connectivity index (χ1v) is 14.4. The van der Waals surface area contributed by atoms with Gasteiger partial charge in [-0.25, -0.2) is 8.78 Å². The number of aliphatic hydroxyl groups excluding tert-OH is 3. The maximum atomic E-state index is 14.1. The Hall–Kier alpha value is -3.79. The number of anilines is 2. The molecule has 6 heterocycles. The number of rotatable bonds is 6. The van der Waals surface area contributed by atoms with Gasteiger partial charge in [0.2, 0.25) is 11.9 Å². The molecule has 0 aliphatic carbocycles. The second kappa shape index (κ2) is 12.0. The van der Waals surface area contributed by atoms with Gasteiger partial charge < -0.3 is 59.9 Å². The number of nitrogens with two attached hydrogens (primary N) is 2. The Bertz CT molecular complexity index is 1820. The highest BCUT2D eigenvalue weighted by atomic mass is 31.2. The number of nitrogens with one attached hydrogen (secondary N) is 2. The monoisotopic (exact) mass is 648 g/mol. The Kier molecular flexibility index (Phi) is 8.59. The number of hydrogen-bond donors (Lipinski definition) is 9. The summed E-state index contributed by atoms with van der Waals surface area (Å²) >= 11 is 0. The van der Waals surface area contributed by atoms with Crippen molar-refractivity contribution in [3.8, 4) is 0 Å². The molecular weight excluding hydrogens is 621 g/mol. The van der Waals surface area contributed by atoms with Gasteiger partial charge in [-0.15, -0.1) is 0 Å². The third kappa shape index (κ3) is 5.96. The molecule has 2 fully saturated rings. The van der Waals surface area contributed by atoms with Crippen LogP contribution in [0, 0.1) is 0 Å². The second-order valence-electron chi connectivity index (χ2n) is 9.80. The predicted molar refractivity (Wildman–Crippen MR) is 144 cm³/mol. The van der Waals surface area contributed by atoms with Gasteiger partial charge in [0.15, 0.2) is 48.7 Å². The summed E-state index contributed by atoms with van der Waals surface area (Å²) in [6, 6.07) is 2.85. The van der Waals surface area contributed by atoms with E-state index in [1.54, 1.807) is 0 Å². The zero-order chi connectivity index (χ0) is 32.1. The zero-order valence-corrected chi connectivity index (χ0v) is 23.1. The van der Waals surface area contributed by atoms with Gasteiger partial charge in [-0.05, 0) is 12.1 Å². The number of nitrogens with zero attached hydrogens (tertiary/aromatic N) is 4. The van der Waals surface area contributed by atoms with Crippen LogP contribution in [0.5, 0.6) is 0 Å². The molecule has 11 N–H and O–H groups in total. The van der Waals surface area contributed by atoms with Gasteiger partial charge in [0, 0.05) is 12.4 Å². The molecule has 2 aliphatic rings. The van der Waals surface area contributed by atoms with Crippen LogP contribution in [0.2, 0.25) is 0 Å². The molecule has 6 rings (SSSR count). The Morgan fingerprint density at radius 3 is 1.84 bits per heavy atom. The summed E-state index contributed by atoms with van der Waals surface area (Å²) in [6.07, 6.45) is -10.4. The fourth-order valence-corrected chi connectivity index (χ4v) is 5.10. The van der Waals surface area contributed by atoms with Crippen molar-refractivity contribution in [2.75, 3.05) is 24.4 Å². The van der Waals surface area contributed by atoms with Crippen LogP contribution in [0.15, 0.2) is 34.1 Å². The average molecular weight is 648 g/mol. The molecule has 22 heteroatoms. The molecule has 2 saturated heterocycles. The smallest absolute Gasteiger partial charge is 0.351 e. The first-order chi connectivity index (χ1) is 20.7. The summed E-state index contributed by atoms with van der Waals surface area (Å²) in [5, 5.41) is 29.2. The van der Waals surface area contributed by atoms with Crippen molar-refractivity contribution in [3.05, 3.63) is 45.2 Å². The number of hydrogen-bond acceptors (Lipinski definition) is 13. The highest BCUT2D eigenvalue weighted by Gasteiger charge is 2.47. The molecule has 2 aliphatic heterocycles. The fourth-order valence-electron chi connectivity index (χ4n) is 4.76.